The van der Waals surface area contributed by atoms with E-state index in [4.69, 9.17) is 0 Å². The van der Waals surface area contributed by atoms with Crippen molar-refractivity contribution >= 4 is 11.7 Å². The number of hydrogen-bond acceptors (Lipinski definition) is 3. The van der Waals surface area contributed by atoms with Crippen molar-refractivity contribution in [2.45, 2.75) is 38.6 Å². The average molecular weight is 379 g/mol. The number of urea groups is 1. The van der Waals surface area contributed by atoms with E-state index < -0.39 is 0 Å². The number of nitrogens with one attached hydrogen (secondary N) is 1. The van der Waals surface area contributed by atoms with Gasteiger partial charge in [0, 0.05) is 31.2 Å². The molecule has 1 saturated heterocycles. The van der Waals surface area contributed by atoms with E-state index in [1.165, 1.54) is 5.56 Å². The van der Waals surface area contributed by atoms with Crippen LogP contribution in [-0.4, -0.2) is 42.1 Å². The Bertz CT molecular complexity index is 812. The number of likely N-dealkylation sites (tertiary alicyclic amines) is 1. The number of aromatic nitrogens is 1. The Morgan fingerprint density at radius 3 is 2.64 bits per heavy atom. The number of nitrogens with zero attached hydrogens (tertiary/aromatic N) is 3. The molecule has 28 heavy (non-hydrogen) atoms. The Hall–Kier alpha value is -2.40. The highest BCUT2D eigenvalue weighted by Gasteiger charge is 2.39. The number of carbonyl (C=O) groups excluding carboxylic acids is 1. The Morgan fingerprint density at radius 1 is 1.14 bits per heavy atom. The lowest BCUT2D eigenvalue weighted by molar-refractivity contribution is 0.175. The SMILES string of the molecule is CC1(C)CN(C(=O)NCC2CCN(Cc3ccccc3)CC2)c2cccnc21. The number of hydrogen-bond donors (Lipinski definition) is 1. The van der Waals surface area contributed by atoms with E-state index in [2.05, 4.69) is 59.4 Å². The van der Waals surface area contributed by atoms with Gasteiger partial charge in [-0.05, 0) is 49.5 Å². The van der Waals surface area contributed by atoms with Crippen molar-refractivity contribution < 1.29 is 4.79 Å². The standard InChI is InChI=1S/C23H30N4O/c1-23(2)17-27(20-9-6-12-24-21(20)23)22(28)25-15-18-10-13-26(14-11-18)16-19-7-4-3-5-8-19/h3-9,12,18H,10-11,13-17H2,1-2H3,(H,25,28). The van der Waals surface area contributed by atoms with Crippen LogP contribution >= 0.6 is 0 Å². The van der Waals surface area contributed by atoms with Crippen LogP contribution in [0, 0.1) is 5.92 Å². The second-order valence-corrected chi connectivity index (χ2v) is 8.73. The highest BCUT2D eigenvalue weighted by Crippen LogP contribution is 2.38. The van der Waals surface area contributed by atoms with Crippen molar-refractivity contribution in [3.63, 3.8) is 0 Å². The van der Waals surface area contributed by atoms with Crippen LogP contribution in [0.4, 0.5) is 10.5 Å². The summed E-state index contributed by atoms with van der Waals surface area (Å²) in [6.45, 7) is 8.94. The highest BCUT2D eigenvalue weighted by molar-refractivity contribution is 5.94. The minimum Gasteiger partial charge on any atom is -0.337 e. The van der Waals surface area contributed by atoms with Gasteiger partial charge in [0.15, 0.2) is 0 Å². The largest absolute Gasteiger partial charge is 0.337 e. The summed E-state index contributed by atoms with van der Waals surface area (Å²) in [5, 5.41) is 3.18. The molecule has 2 aromatic rings. The molecule has 2 amide bonds. The molecule has 5 heteroatoms. The van der Waals surface area contributed by atoms with Gasteiger partial charge in [-0.1, -0.05) is 44.2 Å². The predicted octanol–water partition coefficient (Wildman–Crippen LogP) is 3.80. The molecule has 4 rings (SSSR count). The zero-order valence-corrected chi connectivity index (χ0v) is 16.9. The van der Waals surface area contributed by atoms with Crippen LogP contribution in [0.25, 0.3) is 0 Å². The van der Waals surface area contributed by atoms with Gasteiger partial charge in [0.25, 0.3) is 0 Å². The lowest BCUT2D eigenvalue weighted by atomic mass is 9.91. The first-order valence-corrected chi connectivity index (χ1v) is 10.3. The molecule has 5 nitrogen and oxygen atoms in total. The average Bonchev–Trinajstić information content (AvgIpc) is 2.99. The maximum absolute atomic E-state index is 12.8. The van der Waals surface area contributed by atoms with Crippen LogP contribution in [0.15, 0.2) is 48.7 Å². The van der Waals surface area contributed by atoms with Gasteiger partial charge in [0.1, 0.15) is 0 Å². The van der Waals surface area contributed by atoms with Gasteiger partial charge >= 0.3 is 6.03 Å². The zero-order chi connectivity index (χ0) is 19.6. The molecule has 0 radical (unpaired) electrons. The summed E-state index contributed by atoms with van der Waals surface area (Å²) >= 11 is 0. The van der Waals surface area contributed by atoms with Crippen molar-refractivity contribution in [3.05, 3.63) is 59.9 Å². The van der Waals surface area contributed by atoms with Crippen molar-refractivity contribution in [2.24, 2.45) is 5.92 Å². The molecular formula is C23H30N4O. The van der Waals surface area contributed by atoms with Gasteiger partial charge in [-0.2, -0.15) is 0 Å². The molecule has 0 spiro atoms. The normalized spacial score (nSPS) is 19.4. The summed E-state index contributed by atoms with van der Waals surface area (Å²) in [4.78, 5) is 21.7. The fraction of sp³-hybridized carbons (Fsp3) is 0.478. The summed E-state index contributed by atoms with van der Waals surface area (Å²) in [6.07, 6.45) is 4.08. The van der Waals surface area contributed by atoms with Gasteiger partial charge in [-0.15, -0.1) is 0 Å². The molecule has 1 aromatic heterocycles. The minimum atomic E-state index is -0.100. The van der Waals surface area contributed by atoms with Crippen LogP contribution in [0.3, 0.4) is 0 Å². The lowest BCUT2D eigenvalue weighted by Gasteiger charge is -2.32. The van der Waals surface area contributed by atoms with Gasteiger partial charge in [-0.3, -0.25) is 14.8 Å². The molecule has 2 aliphatic rings. The van der Waals surface area contributed by atoms with Crippen molar-refractivity contribution in [1.29, 1.82) is 0 Å². The first-order chi connectivity index (χ1) is 13.5. The van der Waals surface area contributed by atoms with E-state index in [-0.39, 0.29) is 11.4 Å². The van der Waals surface area contributed by atoms with Gasteiger partial charge in [0.05, 0.1) is 11.4 Å². The zero-order valence-electron chi connectivity index (χ0n) is 16.9. The lowest BCUT2D eigenvalue weighted by Crippen LogP contribution is -2.44. The molecule has 148 valence electrons. The highest BCUT2D eigenvalue weighted by atomic mass is 16.2. The van der Waals surface area contributed by atoms with Crippen LogP contribution in [-0.2, 0) is 12.0 Å². The van der Waals surface area contributed by atoms with Gasteiger partial charge in [-0.25, -0.2) is 4.79 Å². The third kappa shape index (κ3) is 4.04. The number of carbonyl (C=O) groups is 1. The second kappa shape index (κ2) is 7.92. The smallest absolute Gasteiger partial charge is 0.321 e. The quantitative estimate of drug-likeness (QED) is 0.880. The number of pyridine rings is 1. The van der Waals surface area contributed by atoms with Crippen LogP contribution in [0.2, 0.25) is 0 Å². The monoisotopic (exact) mass is 378 g/mol. The molecular weight excluding hydrogens is 348 g/mol. The molecule has 1 N–H and O–H groups in total. The van der Waals surface area contributed by atoms with E-state index in [9.17, 15) is 4.79 Å². The summed E-state index contributed by atoms with van der Waals surface area (Å²) < 4.78 is 0. The van der Waals surface area contributed by atoms with E-state index >= 15 is 0 Å². The Balaban J connectivity index is 1.26. The van der Waals surface area contributed by atoms with Crippen molar-refractivity contribution in [2.75, 3.05) is 31.1 Å². The molecule has 3 heterocycles. The summed E-state index contributed by atoms with van der Waals surface area (Å²) in [6, 6.07) is 14.6. The fourth-order valence-electron chi connectivity index (χ4n) is 4.39. The molecule has 0 unspecified atom stereocenters. The maximum atomic E-state index is 12.8. The van der Waals surface area contributed by atoms with Gasteiger partial charge < -0.3 is 5.32 Å². The maximum Gasteiger partial charge on any atom is 0.321 e. The summed E-state index contributed by atoms with van der Waals surface area (Å²) in [5.74, 6) is 0.556. The Kier molecular flexibility index (Phi) is 5.36. The molecule has 1 fully saturated rings. The third-order valence-electron chi connectivity index (χ3n) is 6.01. The first kappa shape index (κ1) is 18.9. The molecule has 0 bridgehead atoms. The van der Waals surface area contributed by atoms with Crippen molar-refractivity contribution in [1.82, 2.24) is 15.2 Å². The van der Waals surface area contributed by atoms with E-state index in [1.807, 2.05) is 23.2 Å². The minimum absolute atomic E-state index is 0.00606. The molecule has 0 saturated carbocycles. The molecule has 2 aliphatic heterocycles. The molecule has 0 atom stereocenters. The van der Waals surface area contributed by atoms with Gasteiger partial charge in [0.2, 0.25) is 0 Å². The number of rotatable bonds is 4. The number of amides is 2. The number of anilines is 1. The first-order valence-electron chi connectivity index (χ1n) is 10.3. The molecule has 1 aromatic carbocycles. The van der Waals surface area contributed by atoms with E-state index in [1.54, 1.807) is 0 Å². The predicted molar refractivity (Wildman–Crippen MR) is 112 cm³/mol. The number of piperidine rings is 1. The fourth-order valence-corrected chi connectivity index (χ4v) is 4.39. The summed E-state index contributed by atoms with van der Waals surface area (Å²) in [5.41, 5.74) is 3.23. The van der Waals surface area contributed by atoms with E-state index in [0.717, 1.165) is 50.4 Å². The van der Waals surface area contributed by atoms with E-state index in [0.29, 0.717) is 12.5 Å². The second-order valence-electron chi connectivity index (χ2n) is 8.73. The topological polar surface area (TPSA) is 48.5 Å². The van der Waals surface area contributed by atoms with Crippen LogP contribution in [0.5, 0.6) is 0 Å². The van der Waals surface area contributed by atoms with Crippen molar-refractivity contribution in [3.8, 4) is 0 Å². The summed E-state index contributed by atoms with van der Waals surface area (Å²) in [7, 11) is 0. The van der Waals surface area contributed by atoms with Crippen LogP contribution < -0.4 is 10.2 Å². The number of benzene rings is 1. The van der Waals surface area contributed by atoms with Crippen LogP contribution in [0.1, 0.15) is 37.9 Å². The Labute approximate surface area is 167 Å². The number of fused-ring (bicyclic) bond motifs is 1. The molecule has 0 aliphatic carbocycles. The third-order valence-corrected chi connectivity index (χ3v) is 6.01. The Morgan fingerprint density at radius 2 is 1.89 bits per heavy atom.